The summed E-state index contributed by atoms with van der Waals surface area (Å²) < 4.78 is 5.59. The SMILES string of the molecule is Cc1ccc(-c2nc(CSc3nc(C)c(C)c(C)c3C#N)co2)cc1. The molecule has 3 rings (SSSR count). The number of thioether (sulfide) groups is 1. The van der Waals surface area contributed by atoms with E-state index in [2.05, 4.69) is 16.0 Å². The van der Waals surface area contributed by atoms with Gasteiger partial charge in [-0.15, -0.1) is 0 Å². The number of nitriles is 1. The number of hydrogen-bond donors (Lipinski definition) is 0. The molecule has 1 aromatic carbocycles. The van der Waals surface area contributed by atoms with E-state index in [9.17, 15) is 5.26 Å². The van der Waals surface area contributed by atoms with Crippen LogP contribution >= 0.6 is 11.8 Å². The van der Waals surface area contributed by atoms with Crippen molar-refractivity contribution in [3.63, 3.8) is 0 Å². The molecule has 4 nitrogen and oxygen atoms in total. The van der Waals surface area contributed by atoms with Crippen LogP contribution in [0.4, 0.5) is 0 Å². The molecule has 0 fully saturated rings. The lowest BCUT2D eigenvalue weighted by atomic mass is 10.1. The molecular weight excluding hydrogens is 330 g/mol. The Morgan fingerprint density at radius 2 is 1.76 bits per heavy atom. The summed E-state index contributed by atoms with van der Waals surface area (Å²) in [5.74, 6) is 1.22. The molecule has 0 saturated carbocycles. The van der Waals surface area contributed by atoms with Gasteiger partial charge in [0.2, 0.25) is 5.89 Å². The van der Waals surface area contributed by atoms with Crippen LogP contribution in [0, 0.1) is 39.0 Å². The zero-order valence-electron chi connectivity index (χ0n) is 14.8. The van der Waals surface area contributed by atoms with E-state index in [0.29, 0.717) is 17.2 Å². The smallest absolute Gasteiger partial charge is 0.226 e. The van der Waals surface area contributed by atoms with Crippen LogP contribution in [0.2, 0.25) is 0 Å². The topological polar surface area (TPSA) is 62.7 Å². The van der Waals surface area contributed by atoms with Crippen molar-refractivity contribution in [3.05, 3.63) is 64.2 Å². The zero-order chi connectivity index (χ0) is 18.0. The van der Waals surface area contributed by atoms with Gasteiger partial charge in [-0.3, -0.25) is 0 Å². The molecular formula is C20H19N3OS. The normalized spacial score (nSPS) is 10.7. The van der Waals surface area contributed by atoms with E-state index in [4.69, 9.17) is 4.42 Å². The number of oxazole rings is 1. The molecule has 25 heavy (non-hydrogen) atoms. The Morgan fingerprint density at radius 3 is 2.44 bits per heavy atom. The van der Waals surface area contributed by atoms with Gasteiger partial charge in [0.05, 0.1) is 11.3 Å². The Bertz CT molecular complexity index is 952. The van der Waals surface area contributed by atoms with Gasteiger partial charge in [0, 0.05) is 17.0 Å². The van der Waals surface area contributed by atoms with E-state index >= 15 is 0 Å². The number of hydrogen-bond acceptors (Lipinski definition) is 5. The molecule has 0 bridgehead atoms. The van der Waals surface area contributed by atoms with Gasteiger partial charge in [-0.05, 0) is 51.0 Å². The molecule has 0 amide bonds. The number of aryl methyl sites for hydroxylation is 2. The van der Waals surface area contributed by atoms with Gasteiger partial charge in [-0.25, -0.2) is 9.97 Å². The van der Waals surface area contributed by atoms with E-state index < -0.39 is 0 Å². The maximum atomic E-state index is 9.45. The summed E-state index contributed by atoms with van der Waals surface area (Å²) in [6, 6.07) is 10.4. The van der Waals surface area contributed by atoms with Crippen LogP contribution in [-0.2, 0) is 5.75 Å². The maximum Gasteiger partial charge on any atom is 0.226 e. The molecule has 0 radical (unpaired) electrons. The predicted molar refractivity (Wildman–Crippen MR) is 99.4 cm³/mol. The number of rotatable bonds is 4. The predicted octanol–water partition coefficient (Wildman–Crippen LogP) is 5.13. The maximum absolute atomic E-state index is 9.45. The van der Waals surface area contributed by atoms with E-state index in [-0.39, 0.29) is 0 Å². The average Bonchev–Trinajstić information content (AvgIpc) is 3.07. The summed E-state index contributed by atoms with van der Waals surface area (Å²) in [4.78, 5) is 9.12. The van der Waals surface area contributed by atoms with Gasteiger partial charge >= 0.3 is 0 Å². The second kappa shape index (κ2) is 7.12. The van der Waals surface area contributed by atoms with Crippen LogP contribution in [0.25, 0.3) is 11.5 Å². The van der Waals surface area contributed by atoms with E-state index in [1.807, 2.05) is 52.0 Å². The molecule has 0 unspecified atom stereocenters. The zero-order valence-corrected chi connectivity index (χ0v) is 15.6. The first-order valence-corrected chi connectivity index (χ1v) is 9.00. The summed E-state index contributed by atoms with van der Waals surface area (Å²) in [7, 11) is 0. The summed E-state index contributed by atoms with van der Waals surface area (Å²) in [5.41, 5.74) is 6.67. The molecule has 0 saturated heterocycles. The van der Waals surface area contributed by atoms with Crippen LogP contribution in [0.5, 0.6) is 0 Å². The first kappa shape index (κ1) is 17.2. The summed E-state index contributed by atoms with van der Waals surface area (Å²) in [6.45, 7) is 7.99. The van der Waals surface area contributed by atoms with Gasteiger partial charge in [0.15, 0.2) is 0 Å². The summed E-state index contributed by atoms with van der Waals surface area (Å²) in [5, 5.41) is 10.2. The van der Waals surface area contributed by atoms with Crippen LogP contribution in [0.15, 0.2) is 40.0 Å². The Balaban J connectivity index is 1.79. The first-order valence-electron chi connectivity index (χ1n) is 8.01. The second-order valence-electron chi connectivity index (χ2n) is 6.04. The van der Waals surface area contributed by atoms with Crippen molar-refractivity contribution < 1.29 is 4.42 Å². The van der Waals surface area contributed by atoms with Crippen LogP contribution in [-0.4, -0.2) is 9.97 Å². The molecule has 2 heterocycles. The minimum absolute atomic E-state index is 0.610. The minimum atomic E-state index is 0.610. The molecule has 0 atom stereocenters. The fourth-order valence-corrected chi connectivity index (χ4v) is 3.45. The summed E-state index contributed by atoms with van der Waals surface area (Å²) >= 11 is 1.52. The Morgan fingerprint density at radius 1 is 1.04 bits per heavy atom. The first-order chi connectivity index (χ1) is 12.0. The molecule has 5 heteroatoms. The molecule has 126 valence electrons. The van der Waals surface area contributed by atoms with Gasteiger partial charge < -0.3 is 4.42 Å². The number of benzene rings is 1. The highest BCUT2D eigenvalue weighted by molar-refractivity contribution is 7.98. The standard InChI is InChI=1S/C20H19N3OS/c1-12-5-7-16(8-6-12)19-23-17(10-24-19)11-25-20-18(9-21)14(3)13(2)15(4)22-20/h5-8,10H,11H2,1-4H3. The van der Waals surface area contributed by atoms with Gasteiger partial charge in [-0.1, -0.05) is 29.5 Å². The fourth-order valence-electron chi connectivity index (χ4n) is 2.49. The third kappa shape index (κ3) is 3.59. The lowest BCUT2D eigenvalue weighted by molar-refractivity contribution is 0.573. The molecule has 3 aromatic rings. The van der Waals surface area contributed by atoms with Crippen LogP contribution in [0.1, 0.15) is 33.6 Å². The number of nitrogens with zero attached hydrogens (tertiary/aromatic N) is 3. The van der Waals surface area contributed by atoms with Crippen LogP contribution < -0.4 is 0 Å². The van der Waals surface area contributed by atoms with Crippen molar-refractivity contribution >= 4 is 11.8 Å². The molecule has 0 aliphatic carbocycles. The molecule has 2 aromatic heterocycles. The quantitative estimate of drug-likeness (QED) is 0.611. The fraction of sp³-hybridized carbons (Fsp3) is 0.250. The highest BCUT2D eigenvalue weighted by Gasteiger charge is 2.14. The van der Waals surface area contributed by atoms with Gasteiger partial charge in [0.1, 0.15) is 17.4 Å². The van der Waals surface area contributed by atoms with Crippen molar-refractivity contribution in [1.82, 2.24) is 9.97 Å². The number of aromatic nitrogens is 2. The van der Waals surface area contributed by atoms with E-state index in [0.717, 1.165) is 33.1 Å². The Kier molecular flexibility index (Phi) is 4.91. The van der Waals surface area contributed by atoms with Crippen molar-refractivity contribution in [3.8, 4) is 17.5 Å². The highest BCUT2D eigenvalue weighted by Crippen LogP contribution is 2.29. The number of pyridine rings is 1. The lowest BCUT2D eigenvalue weighted by Crippen LogP contribution is -1.99. The third-order valence-electron chi connectivity index (χ3n) is 4.28. The second-order valence-corrected chi connectivity index (χ2v) is 7.00. The lowest BCUT2D eigenvalue weighted by Gasteiger charge is -2.10. The monoisotopic (exact) mass is 349 g/mol. The molecule has 0 spiro atoms. The third-order valence-corrected chi connectivity index (χ3v) is 5.29. The highest BCUT2D eigenvalue weighted by atomic mass is 32.2. The van der Waals surface area contributed by atoms with E-state index in [1.54, 1.807) is 6.26 Å². The van der Waals surface area contributed by atoms with Gasteiger partial charge in [0.25, 0.3) is 0 Å². The Hall–Kier alpha value is -2.58. The van der Waals surface area contributed by atoms with Crippen molar-refractivity contribution in [1.29, 1.82) is 5.26 Å². The molecule has 0 N–H and O–H groups in total. The van der Waals surface area contributed by atoms with Crippen LogP contribution in [0.3, 0.4) is 0 Å². The molecule has 0 aliphatic rings. The molecule has 0 aliphatic heterocycles. The Labute approximate surface area is 151 Å². The average molecular weight is 349 g/mol. The largest absolute Gasteiger partial charge is 0.444 e. The summed E-state index contributed by atoms with van der Waals surface area (Å²) in [6.07, 6.45) is 1.67. The van der Waals surface area contributed by atoms with Gasteiger partial charge in [-0.2, -0.15) is 5.26 Å². The van der Waals surface area contributed by atoms with Crippen molar-refractivity contribution in [2.75, 3.05) is 0 Å². The van der Waals surface area contributed by atoms with Crippen molar-refractivity contribution in [2.45, 2.75) is 38.5 Å². The van der Waals surface area contributed by atoms with E-state index in [1.165, 1.54) is 17.3 Å². The minimum Gasteiger partial charge on any atom is -0.444 e. The van der Waals surface area contributed by atoms with Crippen molar-refractivity contribution in [2.24, 2.45) is 0 Å².